The van der Waals surface area contributed by atoms with Gasteiger partial charge >= 0.3 is 0 Å². The first-order valence-electron chi connectivity index (χ1n) is 6.44. The van der Waals surface area contributed by atoms with Gasteiger partial charge in [0.1, 0.15) is 0 Å². The maximum Gasteiger partial charge on any atom is 0.0586 e. The van der Waals surface area contributed by atoms with Crippen molar-refractivity contribution in [2.24, 2.45) is 11.3 Å². The molecule has 0 saturated carbocycles. The SMILES string of the molecule is CC(C)(C)C(CS)CN1CCCCC1CO. The van der Waals surface area contributed by atoms with Gasteiger partial charge in [0.2, 0.25) is 0 Å². The maximum absolute atomic E-state index is 9.39. The molecule has 1 N–H and O–H groups in total. The molecular formula is C13H27NOS. The van der Waals surface area contributed by atoms with Crippen molar-refractivity contribution < 1.29 is 5.11 Å². The summed E-state index contributed by atoms with van der Waals surface area (Å²) in [7, 11) is 0. The minimum absolute atomic E-state index is 0.305. The number of hydrogen-bond donors (Lipinski definition) is 2. The molecule has 0 aromatic carbocycles. The van der Waals surface area contributed by atoms with E-state index in [2.05, 4.69) is 38.3 Å². The molecule has 1 saturated heterocycles. The molecule has 0 aromatic heterocycles. The summed E-state index contributed by atoms with van der Waals surface area (Å²) in [6.07, 6.45) is 3.70. The van der Waals surface area contributed by atoms with Gasteiger partial charge < -0.3 is 5.11 Å². The lowest BCUT2D eigenvalue weighted by molar-refractivity contribution is 0.0600. The molecule has 0 aliphatic carbocycles. The van der Waals surface area contributed by atoms with Gasteiger partial charge in [-0.1, -0.05) is 27.2 Å². The highest BCUT2D eigenvalue weighted by Gasteiger charge is 2.29. The fourth-order valence-corrected chi connectivity index (χ4v) is 3.06. The lowest BCUT2D eigenvalue weighted by Gasteiger charge is -2.40. The van der Waals surface area contributed by atoms with Crippen molar-refractivity contribution in [1.82, 2.24) is 4.90 Å². The van der Waals surface area contributed by atoms with Crippen LogP contribution in [0, 0.1) is 11.3 Å². The Hall–Kier alpha value is 0.270. The molecule has 1 fully saturated rings. The van der Waals surface area contributed by atoms with E-state index in [0.29, 0.717) is 24.0 Å². The van der Waals surface area contributed by atoms with Gasteiger partial charge in [-0.3, -0.25) is 4.90 Å². The van der Waals surface area contributed by atoms with Crippen molar-refractivity contribution in [3.63, 3.8) is 0 Å². The van der Waals surface area contributed by atoms with Crippen molar-refractivity contribution in [2.45, 2.75) is 46.1 Å². The predicted molar refractivity (Wildman–Crippen MR) is 73.1 cm³/mol. The highest BCUT2D eigenvalue weighted by Crippen LogP contribution is 2.29. The second-order valence-corrected chi connectivity index (χ2v) is 6.44. The summed E-state index contributed by atoms with van der Waals surface area (Å²) >= 11 is 4.48. The zero-order chi connectivity index (χ0) is 12.2. The Labute approximate surface area is 106 Å². The van der Waals surface area contributed by atoms with Crippen LogP contribution in [-0.4, -0.2) is 41.5 Å². The molecule has 2 atom stereocenters. The molecule has 2 unspecified atom stereocenters. The Kier molecular flexibility index (Phi) is 5.62. The Morgan fingerprint density at radius 2 is 2.06 bits per heavy atom. The molecule has 96 valence electrons. The summed E-state index contributed by atoms with van der Waals surface area (Å²) in [5, 5.41) is 9.39. The van der Waals surface area contributed by atoms with E-state index in [-0.39, 0.29) is 0 Å². The summed E-state index contributed by atoms with van der Waals surface area (Å²) in [5.41, 5.74) is 0.305. The van der Waals surface area contributed by atoms with E-state index in [0.717, 1.165) is 25.3 Å². The normalized spacial score (nSPS) is 25.7. The summed E-state index contributed by atoms with van der Waals surface area (Å²) in [4.78, 5) is 2.47. The number of thiol groups is 1. The van der Waals surface area contributed by atoms with E-state index < -0.39 is 0 Å². The van der Waals surface area contributed by atoms with E-state index in [9.17, 15) is 5.11 Å². The van der Waals surface area contributed by atoms with Gasteiger partial charge in [-0.05, 0) is 36.5 Å². The van der Waals surface area contributed by atoms with Gasteiger partial charge in [-0.25, -0.2) is 0 Å². The fourth-order valence-electron chi connectivity index (χ4n) is 2.40. The Bertz CT molecular complexity index is 203. The highest BCUT2D eigenvalue weighted by molar-refractivity contribution is 7.80. The van der Waals surface area contributed by atoms with Crippen molar-refractivity contribution in [3.8, 4) is 0 Å². The number of nitrogens with zero attached hydrogens (tertiary/aromatic N) is 1. The number of aliphatic hydroxyl groups is 1. The van der Waals surface area contributed by atoms with Gasteiger partial charge in [0, 0.05) is 12.6 Å². The standard InChI is InChI=1S/C13H27NOS/c1-13(2,3)11(10-16)8-14-7-5-4-6-12(14)9-15/h11-12,15-16H,4-10H2,1-3H3. The van der Waals surface area contributed by atoms with Crippen LogP contribution in [0.5, 0.6) is 0 Å². The summed E-state index contributed by atoms with van der Waals surface area (Å²) < 4.78 is 0. The van der Waals surface area contributed by atoms with Crippen LogP contribution in [0.4, 0.5) is 0 Å². The molecule has 1 rings (SSSR count). The summed E-state index contributed by atoms with van der Waals surface area (Å²) in [6, 6.07) is 0.387. The van der Waals surface area contributed by atoms with Crippen LogP contribution in [0.1, 0.15) is 40.0 Å². The van der Waals surface area contributed by atoms with Crippen LogP contribution in [0.3, 0.4) is 0 Å². The fraction of sp³-hybridized carbons (Fsp3) is 1.00. The first kappa shape index (κ1) is 14.3. The Morgan fingerprint density at radius 1 is 1.38 bits per heavy atom. The number of rotatable bonds is 4. The van der Waals surface area contributed by atoms with E-state index in [1.165, 1.54) is 12.8 Å². The van der Waals surface area contributed by atoms with Crippen molar-refractivity contribution >= 4 is 12.6 Å². The second kappa shape index (κ2) is 6.27. The number of piperidine rings is 1. The number of likely N-dealkylation sites (tertiary alicyclic amines) is 1. The van der Waals surface area contributed by atoms with Crippen molar-refractivity contribution in [2.75, 3.05) is 25.4 Å². The van der Waals surface area contributed by atoms with Crippen molar-refractivity contribution in [3.05, 3.63) is 0 Å². The molecule has 0 amide bonds. The van der Waals surface area contributed by atoms with Crippen LogP contribution in [0.2, 0.25) is 0 Å². The first-order chi connectivity index (χ1) is 7.49. The van der Waals surface area contributed by atoms with Gasteiger partial charge in [-0.2, -0.15) is 12.6 Å². The third kappa shape index (κ3) is 3.94. The van der Waals surface area contributed by atoms with Crippen LogP contribution in [0.15, 0.2) is 0 Å². The second-order valence-electron chi connectivity index (χ2n) is 6.07. The molecule has 3 heteroatoms. The summed E-state index contributed by atoms with van der Waals surface area (Å²) in [5.74, 6) is 1.53. The molecule has 0 spiro atoms. The zero-order valence-electron chi connectivity index (χ0n) is 10.9. The van der Waals surface area contributed by atoms with E-state index in [1.807, 2.05) is 0 Å². The van der Waals surface area contributed by atoms with Crippen LogP contribution in [0.25, 0.3) is 0 Å². The van der Waals surface area contributed by atoms with Crippen LogP contribution in [-0.2, 0) is 0 Å². The minimum atomic E-state index is 0.305. The molecule has 1 heterocycles. The number of hydrogen-bond acceptors (Lipinski definition) is 3. The third-order valence-corrected chi connectivity index (χ3v) is 4.30. The van der Waals surface area contributed by atoms with Crippen LogP contribution < -0.4 is 0 Å². The zero-order valence-corrected chi connectivity index (χ0v) is 11.8. The van der Waals surface area contributed by atoms with Crippen LogP contribution >= 0.6 is 12.6 Å². The monoisotopic (exact) mass is 245 g/mol. The smallest absolute Gasteiger partial charge is 0.0586 e. The van der Waals surface area contributed by atoms with E-state index >= 15 is 0 Å². The highest BCUT2D eigenvalue weighted by atomic mass is 32.1. The molecule has 1 aliphatic rings. The first-order valence-corrected chi connectivity index (χ1v) is 7.08. The molecule has 1 aliphatic heterocycles. The minimum Gasteiger partial charge on any atom is -0.395 e. The lowest BCUT2D eigenvalue weighted by Crippen LogP contribution is -2.46. The topological polar surface area (TPSA) is 23.5 Å². The molecule has 0 radical (unpaired) electrons. The molecule has 0 bridgehead atoms. The van der Waals surface area contributed by atoms with Gasteiger partial charge in [0.15, 0.2) is 0 Å². The molecule has 2 nitrogen and oxygen atoms in total. The molecule has 16 heavy (non-hydrogen) atoms. The maximum atomic E-state index is 9.39. The molecular weight excluding hydrogens is 218 g/mol. The molecule has 0 aromatic rings. The predicted octanol–water partition coefficient (Wildman–Crippen LogP) is 2.43. The Balaban J connectivity index is 2.55. The van der Waals surface area contributed by atoms with Gasteiger partial charge in [0.25, 0.3) is 0 Å². The lowest BCUT2D eigenvalue weighted by atomic mass is 9.81. The van der Waals surface area contributed by atoms with E-state index in [4.69, 9.17) is 0 Å². The summed E-state index contributed by atoms with van der Waals surface area (Å²) in [6.45, 7) is 9.39. The number of aliphatic hydroxyl groups excluding tert-OH is 1. The average Bonchev–Trinajstić information content (AvgIpc) is 2.24. The quantitative estimate of drug-likeness (QED) is 0.743. The Morgan fingerprint density at radius 3 is 2.56 bits per heavy atom. The van der Waals surface area contributed by atoms with Gasteiger partial charge in [0.05, 0.1) is 6.61 Å². The third-order valence-electron chi connectivity index (χ3n) is 3.86. The average molecular weight is 245 g/mol. The van der Waals surface area contributed by atoms with E-state index in [1.54, 1.807) is 0 Å². The largest absolute Gasteiger partial charge is 0.395 e. The van der Waals surface area contributed by atoms with Gasteiger partial charge in [-0.15, -0.1) is 0 Å². The van der Waals surface area contributed by atoms with Crippen molar-refractivity contribution in [1.29, 1.82) is 0 Å².